The summed E-state index contributed by atoms with van der Waals surface area (Å²) in [6.07, 6.45) is 1.13. The molecule has 1 saturated heterocycles. The average molecular weight is 512 g/mol. The zero-order valence-electron chi connectivity index (χ0n) is 17.3. The lowest BCUT2D eigenvalue weighted by atomic mass is 10.1. The average Bonchev–Trinajstić information content (AvgIpc) is 3.19. The van der Waals surface area contributed by atoms with Gasteiger partial charge in [0.25, 0.3) is 0 Å². The summed E-state index contributed by atoms with van der Waals surface area (Å²) in [5, 5.41) is 3.49. The molecule has 1 aliphatic heterocycles. The van der Waals surface area contributed by atoms with Crippen LogP contribution in [0.3, 0.4) is 0 Å². The van der Waals surface area contributed by atoms with Crippen LogP contribution in [0.4, 0.5) is 10.1 Å². The summed E-state index contributed by atoms with van der Waals surface area (Å²) < 4.78 is 18.6. The Morgan fingerprint density at radius 2 is 1.97 bits per heavy atom. The summed E-state index contributed by atoms with van der Waals surface area (Å²) in [6, 6.07) is 14.8. The fraction of sp³-hybridized carbons (Fsp3) is 0.409. The van der Waals surface area contributed by atoms with E-state index in [1.54, 1.807) is 26.3 Å². The predicted octanol–water partition coefficient (Wildman–Crippen LogP) is 3.99. The molecule has 3 rings (SSSR count). The largest absolute Gasteiger partial charge is 0.495 e. The van der Waals surface area contributed by atoms with Gasteiger partial charge in [-0.1, -0.05) is 24.3 Å². The Bertz CT molecular complexity index is 800. The van der Waals surface area contributed by atoms with Crippen molar-refractivity contribution in [1.82, 2.24) is 10.2 Å². The topological polar surface area (TPSA) is 40.1 Å². The second kappa shape index (κ2) is 11.2. The molecule has 0 aliphatic carbocycles. The van der Waals surface area contributed by atoms with Crippen LogP contribution in [-0.4, -0.2) is 51.7 Å². The zero-order chi connectivity index (χ0) is 19.9. The van der Waals surface area contributed by atoms with E-state index in [9.17, 15) is 4.39 Å². The molecule has 1 unspecified atom stereocenters. The summed E-state index contributed by atoms with van der Waals surface area (Å²) in [5.74, 6) is 2.10. The van der Waals surface area contributed by atoms with Crippen molar-refractivity contribution in [1.29, 1.82) is 0 Å². The summed E-state index contributed by atoms with van der Waals surface area (Å²) in [4.78, 5) is 8.83. The fourth-order valence-electron chi connectivity index (χ4n) is 3.67. The number of halogens is 2. The molecule has 1 heterocycles. The molecule has 158 valence electrons. The smallest absolute Gasteiger partial charge is 0.193 e. The number of nitrogens with zero attached hydrogens (tertiary/aromatic N) is 3. The van der Waals surface area contributed by atoms with E-state index in [1.807, 2.05) is 19.2 Å². The van der Waals surface area contributed by atoms with Crippen molar-refractivity contribution in [3.05, 3.63) is 59.9 Å². The fourth-order valence-corrected chi connectivity index (χ4v) is 3.67. The van der Waals surface area contributed by atoms with Crippen molar-refractivity contribution in [3.8, 4) is 5.75 Å². The SMILES string of the molecule is CN=C(NCC1CCN(c2ccccc2OC)C1)N(C)Cc1ccc(F)cc1.I. The Labute approximate surface area is 190 Å². The van der Waals surface area contributed by atoms with Gasteiger partial charge < -0.3 is 19.9 Å². The maximum Gasteiger partial charge on any atom is 0.193 e. The van der Waals surface area contributed by atoms with Crippen molar-refractivity contribution in [2.24, 2.45) is 10.9 Å². The minimum Gasteiger partial charge on any atom is -0.495 e. The van der Waals surface area contributed by atoms with Gasteiger partial charge in [-0.3, -0.25) is 4.99 Å². The van der Waals surface area contributed by atoms with Gasteiger partial charge in [-0.15, -0.1) is 24.0 Å². The number of para-hydroxylation sites is 2. The number of hydrogen-bond donors (Lipinski definition) is 1. The van der Waals surface area contributed by atoms with E-state index in [0.717, 1.165) is 49.0 Å². The highest BCUT2D eigenvalue weighted by molar-refractivity contribution is 14.0. The van der Waals surface area contributed by atoms with Gasteiger partial charge in [0.15, 0.2) is 5.96 Å². The van der Waals surface area contributed by atoms with E-state index in [2.05, 4.69) is 32.2 Å². The lowest BCUT2D eigenvalue weighted by Gasteiger charge is -2.24. The standard InChI is InChI=1S/C22H29FN4O.HI/c1-24-22(26(2)15-17-8-10-19(23)11-9-17)25-14-18-12-13-27(16-18)20-6-4-5-7-21(20)28-3;/h4-11,18H,12-16H2,1-3H3,(H,24,25);1H. The van der Waals surface area contributed by atoms with E-state index in [1.165, 1.54) is 12.1 Å². The predicted molar refractivity (Wildman–Crippen MR) is 128 cm³/mol. The van der Waals surface area contributed by atoms with E-state index in [4.69, 9.17) is 4.74 Å². The van der Waals surface area contributed by atoms with E-state index < -0.39 is 0 Å². The van der Waals surface area contributed by atoms with Crippen LogP contribution in [0.15, 0.2) is 53.5 Å². The summed E-state index contributed by atoms with van der Waals surface area (Å²) in [6.45, 7) is 3.56. The number of hydrogen-bond acceptors (Lipinski definition) is 3. The van der Waals surface area contributed by atoms with Gasteiger partial charge in [-0.25, -0.2) is 4.39 Å². The van der Waals surface area contributed by atoms with Crippen LogP contribution in [0.25, 0.3) is 0 Å². The first-order chi connectivity index (χ1) is 13.6. The van der Waals surface area contributed by atoms with Crippen molar-refractivity contribution in [3.63, 3.8) is 0 Å². The molecule has 1 atom stereocenters. The first-order valence-corrected chi connectivity index (χ1v) is 9.65. The Balaban J connectivity index is 0.00000300. The van der Waals surface area contributed by atoms with Crippen LogP contribution >= 0.6 is 24.0 Å². The first kappa shape index (κ1) is 23.3. The van der Waals surface area contributed by atoms with Crippen LogP contribution in [0.2, 0.25) is 0 Å². The Hall–Kier alpha value is -2.03. The third kappa shape index (κ3) is 6.22. The van der Waals surface area contributed by atoms with Crippen molar-refractivity contribution < 1.29 is 9.13 Å². The monoisotopic (exact) mass is 512 g/mol. The van der Waals surface area contributed by atoms with Crippen molar-refractivity contribution in [2.45, 2.75) is 13.0 Å². The minimum absolute atomic E-state index is 0. The molecule has 5 nitrogen and oxygen atoms in total. The van der Waals surface area contributed by atoms with Gasteiger partial charge >= 0.3 is 0 Å². The number of rotatable bonds is 6. The third-order valence-corrected chi connectivity index (χ3v) is 5.17. The molecule has 1 aliphatic rings. The molecule has 29 heavy (non-hydrogen) atoms. The van der Waals surface area contributed by atoms with Crippen LogP contribution in [-0.2, 0) is 6.54 Å². The van der Waals surface area contributed by atoms with Crippen LogP contribution in [0.1, 0.15) is 12.0 Å². The molecular weight excluding hydrogens is 482 g/mol. The van der Waals surface area contributed by atoms with Crippen molar-refractivity contribution in [2.75, 3.05) is 45.7 Å². The quantitative estimate of drug-likeness (QED) is 0.361. The molecule has 0 bridgehead atoms. The number of aliphatic imine (C=N–C) groups is 1. The molecule has 0 aromatic heterocycles. The molecule has 0 saturated carbocycles. The lowest BCUT2D eigenvalue weighted by Crippen LogP contribution is -2.41. The zero-order valence-corrected chi connectivity index (χ0v) is 19.6. The highest BCUT2D eigenvalue weighted by Crippen LogP contribution is 2.31. The van der Waals surface area contributed by atoms with Crippen LogP contribution in [0, 0.1) is 11.7 Å². The maximum absolute atomic E-state index is 13.1. The Morgan fingerprint density at radius 1 is 1.24 bits per heavy atom. The van der Waals surface area contributed by atoms with Crippen LogP contribution < -0.4 is 15.0 Å². The first-order valence-electron chi connectivity index (χ1n) is 9.65. The summed E-state index contributed by atoms with van der Waals surface area (Å²) >= 11 is 0. The molecule has 7 heteroatoms. The van der Waals surface area contributed by atoms with E-state index >= 15 is 0 Å². The normalized spacial score (nSPS) is 16.3. The molecule has 0 spiro atoms. The second-order valence-electron chi connectivity index (χ2n) is 7.18. The molecular formula is C22H30FIN4O. The molecule has 0 amide bonds. The number of benzene rings is 2. The Morgan fingerprint density at radius 3 is 2.66 bits per heavy atom. The molecule has 1 N–H and O–H groups in total. The number of ether oxygens (including phenoxy) is 1. The maximum atomic E-state index is 13.1. The van der Waals surface area contributed by atoms with Crippen LogP contribution in [0.5, 0.6) is 5.75 Å². The van der Waals surface area contributed by atoms with E-state index in [0.29, 0.717) is 12.5 Å². The summed E-state index contributed by atoms with van der Waals surface area (Å²) in [5.41, 5.74) is 2.21. The highest BCUT2D eigenvalue weighted by Gasteiger charge is 2.24. The van der Waals surface area contributed by atoms with Gasteiger partial charge in [0, 0.05) is 40.3 Å². The number of guanidine groups is 1. The number of anilines is 1. The highest BCUT2D eigenvalue weighted by atomic mass is 127. The lowest BCUT2D eigenvalue weighted by molar-refractivity contribution is 0.414. The van der Waals surface area contributed by atoms with E-state index in [-0.39, 0.29) is 29.8 Å². The van der Waals surface area contributed by atoms with Gasteiger partial charge in [0.05, 0.1) is 12.8 Å². The number of nitrogens with one attached hydrogen (secondary N) is 1. The van der Waals surface area contributed by atoms with Gasteiger partial charge in [0.2, 0.25) is 0 Å². The summed E-state index contributed by atoms with van der Waals surface area (Å²) in [7, 11) is 5.50. The van der Waals surface area contributed by atoms with Gasteiger partial charge in [0.1, 0.15) is 11.6 Å². The third-order valence-electron chi connectivity index (χ3n) is 5.17. The molecule has 1 fully saturated rings. The van der Waals surface area contributed by atoms with Gasteiger partial charge in [-0.2, -0.15) is 0 Å². The second-order valence-corrected chi connectivity index (χ2v) is 7.18. The molecule has 2 aromatic carbocycles. The Kier molecular flexibility index (Phi) is 9.00. The van der Waals surface area contributed by atoms with Gasteiger partial charge in [-0.05, 0) is 42.2 Å². The minimum atomic E-state index is -0.213. The molecule has 2 aromatic rings. The number of methoxy groups -OCH3 is 1. The van der Waals surface area contributed by atoms with Crippen molar-refractivity contribution >= 4 is 35.6 Å². The molecule has 0 radical (unpaired) electrons.